The number of aryl methyl sites for hydroxylation is 1. The van der Waals surface area contributed by atoms with Gasteiger partial charge >= 0.3 is 0 Å². The summed E-state index contributed by atoms with van der Waals surface area (Å²) in [7, 11) is 0. The van der Waals surface area contributed by atoms with E-state index in [2.05, 4.69) is 10.3 Å². The van der Waals surface area contributed by atoms with Crippen LogP contribution < -0.4 is 5.32 Å². The van der Waals surface area contributed by atoms with Crippen LogP contribution in [0.4, 0.5) is 0 Å². The van der Waals surface area contributed by atoms with Gasteiger partial charge in [-0.05, 0) is 30.5 Å². The number of nitrogens with zero attached hydrogens (tertiary/aromatic N) is 1. The highest BCUT2D eigenvalue weighted by atomic mass is 35.5. The van der Waals surface area contributed by atoms with Crippen molar-refractivity contribution in [2.24, 2.45) is 0 Å². The van der Waals surface area contributed by atoms with Crippen molar-refractivity contribution in [3.63, 3.8) is 0 Å². The predicted molar refractivity (Wildman–Crippen MR) is 69.5 cm³/mol. The number of hydrogen-bond donors (Lipinski definition) is 1. The topological polar surface area (TPSA) is 42.0 Å². The highest BCUT2D eigenvalue weighted by molar-refractivity contribution is 7.09. The summed E-state index contributed by atoms with van der Waals surface area (Å²) in [5, 5.41) is 5.03. The third-order valence-electron chi connectivity index (χ3n) is 2.24. The van der Waals surface area contributed by atoms with E-state index >= 15 is 0 Å². The molecule has 1 amide bonds. The Hall–Kier alpha value is -1.39. The van der Waals surface area contributed by atoms with E-state index in [1.165, 1.54) is 0 Å². The van der Waals surface area contributed by atoms with E-state index in [1.54, 1.807) is 23.5 Å². The van der Waals surface area contributed by atoms with Crippen LogP contribution in [0.1, 0.15) is 20.9 Å². The molecule has 2 aromatic heterocycles. The van der Waals surface area contributed by atoms with Gasteiger partial charge in [0.1, 0.15) is 5.15 Å². The summed E-state index contributed by atoms with van der Waals surface area (Å²) in [4.78, 5) is 17.0. The fraction of sp³-hybridized carbons (Fsp3) is 0.167. The van der Waals surface area contributed by atoms with Crippen molar-refractivity contribution in [2.45, 2.75) is 13.5 Å². The molecule has 0 aliphatic carbocycles. The fourth-order valence-corrected chi connectivity index (χ4v) is 2.30. The number of thiophene rings is 1. The fourth-order valence-electron chi connectivity index (χ4n) is 1.37. The molecule has 17 heavy (non-hydrogen) atoms. The highest BCUT2D eigenvalue weighted by Crippen LogP contribution is 2.14. The minimum absolute atomic E-state index is 0.198. The van der Waals surface area contributed by atoms with Gasteiger partial charge in [-0.2, -0.15) is 0 Å². The monoisotopic (exact) mass is 266 g/mol. The molecule has 0 saturated carbocycles. The lowest BCUT2D eigenvalue weighted by Gasteiger charge is -2.05. The molecule has 0 fully saturated rings. The molecule has 1 N–H and O–H groups in total. The zero-order valence-electron chi connectivity index (χ0n) is 9.24. The molecule has 88 valence electrons. The van der Waals surface area contributed by atoms with Gasteiger partial charge in [0.2, 0.25) is 0 Å². The van der Waals surface area contributed by atoms with Gasteiger partial charge in [-0.1, -0.05) is 17.7 Å². The van der Waals surface area contributed by atoms with Crippen molar-refractivity contribution < 1.29 is 4.79 Å². The molecule has 2 rings (SSSR count). The van der Waals surface area contributed by atoms with Crippen LogP contribution in [-0.4, -0.2) is 10.9 Å². The maximum absolute atomic E-state index is 11.8. The molecule has 0 aliphatic rings. The maximum Gasteiger partial charge on any atom is 0.254 e. The Morgan fingerprint density at radius 2 is 2.29 bits per heavy atom. The molecular formula is C12H11ClN2OS. The summed E-state index contributed by atoms with van der Waals surface area (Å²) in [6, 6.07) is 7.38. The van der Waals surface area contributed by atoms with Crippen LogP contribution in [0.2, 0.25) is 5.15 Å². The smallest absolute Gasteiger partial charge is 0.254 e. The normalized spacial score (nSPS) is 10.2. The second kappa shape index (κ2) is 5.29. The van der Waals surface area contributed by atoms with Crippen LogP contribution in [0.15, 0.2) is 29.6 Å². The molecule has 0 saturated heterocycles. The Bertz CT molecular complexity index is 525. The zero-order chi connectivity index (χ0) is 12.3. The number of hydrogen-bond acceptors (Lipinski definition) is 3. The summed E-state index contributed by atoms with van der Waals surface area (Å²) in [6.07, 6.45) is 0. The average Bonchev–Trinajstić information content (AvgIpc) is 2.78. The van der Waals surface area contributed by atoms with Gasteiger partial charge in [-0.15, -0.1) is 11.3 Å². The van der Waals surface area contributed by atoms with Crippen LogP contribution in [0.25, 0.3) is 0 Å². The first-order chi connectivity index (χ1) is 8.16. The van der Waals surface area contributed by atoms with Gasteiger partial charge in [0.15, 0.2) is 0 Å². The van der Waals surface area contributed by atoms with Crippen molar-refractivity contribution in [1.82, 2.24) is 10.3 Å². The number of carbonyl (C=O) groups excluding carboxylic acids is 1. The quantitative estimate of drug-likeness (QED) is 0.868. The zero-order valence-corrected chi connectivity index (χ0v) is 10.8. The van der Waals surface area contributed by atoms with Gasteiger partial charge in [-0.25, -0.2) is 4.98 Å². The van der Waals surface area contributed by atoms with Gasteiger partial charge < -0.3 is 5.32 Å². The number of nitrogens with one attached hydrogen (secondary N) is 1. The van der Waals surface area contributed by atoms with Crippen molar-refractivity contribution in [1.29, 1.82) is 0 Å². The number of carbonyl (C=O) groups is 1. The number of amides is 1. The van der Waals surface area contributed by atoms with Crippen LogP contribution >= 0.6 is 22.9 Å². The molecule has 0 bridgehead atoms. The molecular weight excluding hydrogens is 256 g/mol. The van der Waals surface area contributed by atoms with Gasteiger partial charge in [-0.3, -0.25) is 4.79 Å². The van der Waals surface area contributed by atoms with Crippen LogP contribution in [0, 0.1) is 6.92 Å². The van der Waals surface area contributed by atoms with Crippen LogP contribution in [0.5, 0.6) is 0 Å². The average molecular weight is 267 g/mol. The lowest BCUT2D eigenvalue weighted by atomic mass is 10.2. The molecule has 0 spiro atoms. The summed E-state index contributed by atoms with van der Waals surface area (Å²) in [5.74, 6) is -0.198. The molecule has 2 aromatic rings. The predicted octanol–water partition coefficient (Wildman–Crippen LogP) is 3.03. The first-order valence-electron chi connectivity index (χ1n) is 5.10. The number of aromatic nitrogens is 1. The van der Waals surface area contributed by atoms with E-state index in [1.807, 2.05) is 24.4 Å². The molecule has 5 heteroatoms. The number of rotatable bonds is 3. The van der Waals surface area contributed by atoms with Gasteiger partial charge in [0.05, 0.1) is 12.1 Å². The van der Waals surface area contributed by atoms with Crippen molar-refractivity contribution in [3.8, 4) is 0 Å². The Labute approximate surface area is 108 Å². The first-order valence-corrected chi connectivity index (χ1v) is 6.36. The van der Waals surface area contributed by atoms with Gasteiger partial charge in [0, 0.05) is 10.6 Å². The summed E-state index contributed by atoms with van der Waals surface area (Å²) < 4.78 is 0. The largest absolute Gasteiger partial charge is 0.347 e. The maximum atomic E-state index is 11.8. The van der Waals surface area contributed by atoms with Crippen molar-refractivity contribution in [2.75, 3.05) is 0 Å². The van der Waals surface area contributed by atoms with Crippen molar-refractivity contribution >= 4 is 28.8 Å². The third kappa shape index (κ3) is 3.05. The Morgan fingerprint density at radius 1 is 1.47 bits per heavy atom. The molecule has 0 atom stereocenters. The molecule has 0 radical (unpaired) electrons. The van der Waals surface area contributed by atoms with Crippen LogP contribution in [-0.2, 0) is 6.54 Å². The molecule has 0 unspecified atom stereocenters. The van der Waals surface area contributed by atoms with Gasteiger partial charge in [0.25, 0.3) is 5.91 Å². The lowest BCUT2D eigenvalue weighted by molar-refractivity contribution is 0.0951. The van der Waals surface area contributed by atoms with E-state index in [0.29, 0.717) is 12.1 Å². The summed E-state index contributed by atoms with van der Waals surface area (Å²) in [6.45, 7) is 2.35. The summed E-state index contributed by atoms with van der Waals surface area (Å²) in [5.41, 5.74) is 1.21. The molecule has 2 heterocycles. The third-order valence-corrected chi connectivity index (χ3v) is 3.40. The van der Waals surface area contributed by atoms with E-state index in [-0.39, 0.29) is 11.1 Å². The van der Waals surface area contributed by atoms with E-state index in [4.69, 9.17) is 11.6 Å². The Morgan fingerprint density at radius 3 is 2.94 bits per heavy atom. The van der Waals surface area contributed by atoms with E-state index in [9.17, 15) is 4.79 Å². The number of halogens is 1. The minimum Gasteiger partial charge on any atom is -0.347 e. The second-order valence-electron chi connectivity index (χ2n) is 3.55. The SMILES string of the molecule is Cc1ccc(C(=O)NCc2cccs2)c(Cl)n1. The second-order valence-corrected chi connectivity index (χ2v) is 4.94. The lowest BCUT2D eigenvalue weighted by Crippen LogP contribution is -2.22. The number of pyridine rings is 1. The minimum atomic E-state index is -0.198. The van der Waals surface area contributed by atoms with E-state index < -0.39 is 0 Å². The first kappa shape index (κ1) is 12.1. The highest BCUT2D eigenvalue weighted by Gasteiger charge is 2.11. The van der Waals surface area contributed by atoms with Crippen molar-refractivity contribution in [3.05, 3.63) is 50.9 Å². The molecule has 0 aliphatic heterocycles. The van der Waals surface area contributed by atoms with Crippen LogP contribution in [0.3, 0.4) is 0 Å². The Balaban J connectivity index is 2.04. The van der Waals surface area contributed by atoms with E-state index in [0.717, 1.165) is 10.6 Å². The Kier molecular flexibility index (Phi) is 3.76. The molecule has 0 aromatic carbocycles. The standard InChI is InChI=1S/C12H11ClN2OS/c1-8-4-5-10(11(13)15-8)12(16)14-7-9-3-2-6-17-9/h2-6H,7H2,1H3,(H,14,16). The molecule has 3 nitrogen and oxygen atoms in total. The summed E-state index contributed by atoms with van der Waals surface area (Å²) >= 11 is 7.52.